The smallest absolute Gasteiger partial charge is 0.126 e. The van der Waals surface area contributed by atoms with E-state index in [9.17, 15) is 0 Å². The van der Waals surface area contributed by atoms with Crippen LogP contribution in [0.2, 0.25) is 0 Å². The third-order valence-corrected chi connectivity index (χ3v) is 8.27. The lowest BCUT2D eigenvalue weighted by atomic mass is 9.89. The van der Waals surface area contributed by atoms with Crippen molar-refractivity contribution in [3.05, 3.63) is 89.0 Å². The monoisotopic (exact) mass is 433 g/mol. The van der Waals surface area contributed by atoms with E-state index in [1.807, 2.05) is 0 Å². The molecule has 3 heteroatoms. The number of hydrogen-bond donors (Lipinski definition) is 0. The fourth-order valence-corrected chi connectivity index (χ4v) is 6.14. The third kappa shape index (κ3) is 5.31. The number of para-hydroxylation sites is 1. The van der Waals surface area contributed by atoms with Crippen molar-refractivity contribution in [2.45, 2.75) is 52.3 Å². The quantitative estimate of drug-likeness (QED) is 0.338. The second-order valence-electron chi connectivity index (χ2n) is 8.56. The molecule has 0 saturated heterocycles. The summed E-state index contributed by atoms with van der Waals surface area (Å²) < 4.78 is 6.53. The normalized spacial score (nSPS) is 11.8. The van der Waals surface area contributed by atoms with Gasteiger partial charge in [0.25, 0.3) is 0 Å². The molecule has 0 spiro atoms. The topological polar surface area (TPSA) is 12.5 Å². The average molecular weight is 434 g/mol. The average Bonchev–Trinajstić information content (AvgIpc) is 2.77. The first-order valence-electron chi connectivity index (χ1n) is 11.2. The van der Waals surface area contributed by atoms with Gasteiger partial charge in [0, 0.05) is 30.5 Å². The molecule has 3 aromatic rings. The van der Waals surface area contributed by atoms with Gasteiger partial charge >= 0.3 is 0 Å². The van der Waals surface area contributed by atoms with Gasteiger partial charge in [0.15, 0.2) is 0 Å². The van der Waals surface area contributed by atoms with Gasteiger partial charge in [-0.15, -0.1) is 0 Å². The highest BCUT2D eigenvalue weighted by Crippen LogP contribution is 2.52. The van der Waals surface area contributed by atoms with Crippen LogP contribution in [0.25, 0.3) is 0 Å². The molecule has 0 saturated carbocycles. The minimum absolute atomic E-state index is 0.0505. The Bertz CT molecular complexity index is 993. The van der Waals surface area contributed by atoms with E-state index in [4.69, 9.17) is 4.74 Å². The minimum atomic E-state index is 0.0505. The lowest BCUT2D eigenvalue weighted by Crippen LogP contribution is -2.25. The van der Waals surface area contributed by atoms with Gasteiger partial charge in [0.2, 0.25) is 0 Å². The zero-order valence-corrected chi connectivity index (χ0v) is 20.8. The van der Waals surface area contributed by atoms with E-state index >= 15 is 0 Å². The Balaban J connectivity index is 2.06. The molecular weight excluding hydrogens is 397 g/mol. The van der Waals surface area contributed by atoms with Gasteiger partial charge in [0.1, 0.15) is 12.4 Å². The van der Waals surface area contributed by atoms with Crippen molar-refractivity contribution >= 4 is 19.6 Å². The van der Waals surface area contributed by atoms with Crippen LogP contribution in [0.1, 0.15) is 48.9 Å². The Morgan fingerprint density at radius 1 is 0.871 bits per heavy atom. The van der Waals surface area contributed by atoms with Gasteiger partial charge in [-0.2, -0.15) is 0 Å². The highest BCUT2D eigenvalue weighted by molar-refractivity contribution is 7.49. The number of ether oxygens (including phenoxy) is 1. The number of hydrogen-bond acceptors (Lipinski definition) is 2. The highest BCUT2D eigenvalue weighted by Gasteiger charge is 2.33. The summed E-state index contributed by atoms with van der Waals surface area (Å²) in [5, 5.41) is 1.47. The van der Waals surface area contributed by atoms with Crippen LogP contribution in [-0.2, 0) is 11.8 Å². The van der Waals surface area contributed by atoms with E-state index in [0.717, 1.165) is 18.6 Å². The van der Waals surface area contributed by atoms with E-state index in [1.165, 1.54) is 33.2 Å². The number of anilines is 1. The molecule has 0 aliphatic heterocycles. The summed E-state index contributed by atoms with van der Waals surface area (Å²) >= 11 is 0. The molecule has 1 atom stereocenters. The zero-order valence-electron chi connectivity index (χ0n) is 19.8. The maximum atomic E-state index is 6.53. The summed E-state index contributed by atoms with van der Waals surface area (Å²) in [7, 11) is 4.94. The van der Waals surface area contributed by atoms with Crippen molar-refractivity contribution in [1.82, 2.24) is 0 Å². The van der Waals surface area contributed by atoms with Crippen molar-refractivity contribution < 1.29 is 4.74 Å². The van der Waals surface area contributed by atoms with Crippen molar-refractivity contribution in [1.29, 1.82) is 0 Å². The van der Waals surface area contributed by atoms with E-state index in [0.29, 0.717) is 15.2 Å². The van der Waals surface area contributed by atoms with Crippen molar-refractivity contribution in [2.24, 2.45) is 0 Å². The molecule has 3 rings (SSSR count). The van der Waals surface area contributed by atoms with Crippen molar-refractivity contribution in [3.8, 4) is 5.75 Å². The summed E-state index contributed by atoms with van der Waals surface area (Å²) in [5.74, 6) is 1.06. The van der Waals surface area contributed by atoms with Gasteiger partial charge in [-0.1, -0.05) is 88.7 Å². The predicted molar refractivity (Wildman–Crippen MR) is 138 cm³/mol. The second kappa shape index (κ2) is 10.3. The summed E-state index contributed by atoms with van der Waals surface area (Å²) in [6.07, 6.45) is 2.16. The molecule has 0 heterocycles. The number of benzene rings is 3. The van der Waals surface area contributed by atoms with E-state index < -0.39 is 0 Å². The number of nitrogens with zero attached hydrogens (tertiary/aromatic N) is 1. The molecule has 0 aromatic heterocycles. The lowest BCUT2D eigenvalue weighted by Gasteiger charge is -2.36. The first-order valence-corrected chi connectivity index (χ1v) is 12.2. The molecule has 0 aliphatic rings. The fourth-order valence-electron chi connectivity index (χ4n) is 4.33. The van der Waals surface area contributed by atoms with Crippen LogP contribution in [0.3, 0.4) is 0 Å². The summed E-state index contributed by atoms with van der Waals surface area (Å²) in [6.45, 7) is 9.63. The van der Waals surface area contributed by atoms with Crippen LogP contribution in [0.4, 0.5) is 5.69 Å². The van der Waals surface area contributed by atoms with Crippen molar-refractivity contribution in [2.75, 3.05) is 19.0 Å². The van der Waals surface area contributed by atoms with E-state index in [2.05, 4.69) is 113 Å². The Hall–Kier alpha value is -2.31. The minimum Gasteiger partial charge on any atom is -0.488 e. The molecule has 2 nitrogen and oxygen atoms in total. The van der Waals surface area contributed by atoms with Crippen LogP contribution >= 0.6 is 8.58 Å². The molecule has 1 unspecified atom stereocenters. The van der Waals surface area contributed by atoms with Gasteiger partial charge in [-0.05, 0) is 49.2 Å². The maximum Gasteiger partial charge on any atom is 0.126 e. The second-order valence-corrected chi connectivity index (χ2v) is 10.3. The highest BCUT2D eigenvalue weighted by atomic mass is 31.1. The predicted octanol–water partition coefficient (Wildman–Crippen LogP) is 6.97. The van der Waals surface area contributed by atoms with Crippen LogP contribution in [0.5, 0.6) is 5.75 Å². The summed E-state index contributed by atoms with van der Waals surface area (Å²) in [6, 6.07) is 23.9. The number of rotatable bonds is 9. The van der Waals surface area contributed by atoms with Crippen LogP contribution in [-0.4, -0.2) is 14.1 Å². The van der Waals surface area contributed by atoms with Gasteiger partial charge < -0.3 is 9.64 Å². The summed E-state index contributed by atoms with van der Waals surface area (Å²) in [4.78, 5) is 2.23. The van der Waals surface area contributed by atoms with Gasteiger partial charge in [-0.3, -0.25) is 0 Å². The Kier molecular flexibility index (Phi) is 7.79. The molecular formula is C28H36NOP. The fraction of sp³-hybridized carbons (Fsp3) is 0.357. The molecule has 3 aromatic carbocycles. The van der Waals surface area contributed by atoms with Gasteiger partial charge in [-0.25, -0.2) is 0 Å². The standard InChI is InChI=1S/C28H36NOP/c1-7-28(8-2,31-26-17-13-12-16-25(26)29(5)6)24-19-21(3)18-22(4)27(24)30-20-23-14-10-9-11-15-23/h9-19,31H,7-8,20H2,1-6H3. The van der Waals surface area contributed by atoms with Crippen LogP contribution < -0.4 is 14.9 Å². The van der Waals surface area contributed by atoms with E-state index in [-0.39, 0.29) is 5.16 Å². The third-order valence-electron chi connectivity index (χ3n) is 6.13. The molecule has 0 fully saturated rings. The number of aryl methyl sites for hydroxylation is 2. The molecule has 0 N–H and O–H groups in total. The van der Waals surface area contributed by atoms with Crippen molar-refractivity contribution in [3.63, 3.8) is 0 Å². The molecule has 0 aliphatic carbocycles. The Labute approximate surface area is 190 Å². The largest absolute Gasteiger partial charge is 0.488 e. The first-order chi connectivity index (χ1) is 14.9. The SMILES string of the molecule is CCC(CC)(Pc1ccccc1N(C)C)c1cc(C)cc(C)c1OCc1ccccc1. The Morgan fingerprint density at radius 3 is 2.16 bits per heavy atom. The lowest BCUT2D eigenvalue weighted by molar-refractivity contribution is 0.296. The maximum absolute atomic E-state index is 6.53. The molecule has 0 amide bonds. The molecule has 164 valence electrons. The first kappa shape index (κ1) is 23.4. The molecule has 0 bridgehead atoms. The molecule has 0 radical (unpaired) electrons. The Morgan fingerprint density at radius 2 is 1.52 bits per heavy atom. The molecule has 31 heavy (non-hydrogen) atoms. The zero-order chi connectivity index (χ0) is 22.4. The summed E-state index contributed by atoms with van der Waals surface area (Å²) in [5.41, 5.74) is 6.40. The van der Waals surface area contributed by atoms with Gasteiger partial charge in [0.05, 0.1) is 0 Å². The van der Waals surface area contributed by atoms with Crippen LogP contribution in [0, 0.1) is 13.8 Å². The van der Waals surface area contributed by atoms with Crippen LogP contribution in [0.15, 0.2) is 66.7 Å². The van der Waals surface area contributed by atoms with E-state index in [1.54, 1.807) is 0 Å².